The van der Waals surface area contributed by atoms with Crippen LogP contribution in [0.5, 0.6) is 0 Å². The van der Waals surface area contributed by atoms with Gasteiger partial charge >= 0.3 is 5.97 Å². The molecular formula is C18H18N2O5. The lowest BCUT2D eigenvalue weighted by atomic mass is 10.2. The van der Waals surface area contributed by atoms with Gasteiger partial charge in [-0.15, -0.1) is 0 Å². The minimum Gasteiger partial charge on any atom is -0.478 e. The van der Waals surface area contributed by atoms with Gasteiger partial charge in [-0.2, -0.15) is 0 Å². The second-order valence-electron chi connectivity index (χ2n) is 5.73. The van der Waals surface area contributed by atoms with E-state index in [1.54, 1.807) is 11.8 Å². The van der Waals surface area contributed by atoms with Crippen LogP contribution in [0, 0.1) is 0 Å². The van der Waals surface area contributed by atoms with Crippen LogP contribution < -0.4 is 4.90 Å². The summed E-state index contributed by atoms with van der Waals surface area (Å²) in [6.07, 6.45) is 1.54. The predicted molar refractivity (Wildman–Crippen MR) is 89.6 cm³/mol. The molecule has 1 atom stereocenters. The Balaban J connectivity index is 1.80. The molecule has 1 unspecified atom stereocenters. The van der Waals surface area contributed by atoms with Crippen molar-refractivity contribution in [1.82, 2.24) is 4.90 Å². The molecule has 130 valence electrons. The minimum atomic E-state index is -1.17. The second kappa shape index (κ2) is 6.80. The molecule has 7 nitrogen and oxygen atoms in total. The summed E-state index contributed by atoms with van der Waals surface area (Å²) in [6.45, 7) is 2.62. The van der Waals surface area contributed by atoms with Crippen LogP contribution in [0.4, 0.5) is 5.69 Å². The third-order valence-corrected chi connectivity index (χ3v) is 4.28. The molecule has 2 amide bonds. The maximum Gasteiger partial charge on any atom is 0.338 e. The van der Waals surface area contributed by atoms with Crippen LogP contribution in [0.3, 0.4) is 0 Å². The van der Waals surface area contributed by atoms with E-state index in [-0.39, 0.29) is 17.2 Å². The summed E-state index contributed by atoms with van der Waals surface area (Å²) in [5, 5.41) is 8.94. The normalized spacial score (nSPS) is 16.9. The van der Waals surface area contributed by atoms with Crippen LogP contribution >= 0.6 is 0 Å². The van der Waals surface area contributed by atoms with Crippen molar-refractivity contribution >= 4 is 23.5 Å². The predicted octanol–water partition coefficient (Wildman–Crippen LogP) is 2.25. The van der Waals surface area contributed by atoms with Crippen molar-refractivity contribution in [3.63, 3.8) is 0 Å². The summed E-state index contributed by atoms with van der Waals surface area (Å²) in [5.41, 5.74) is 0.702. The first-order chi connectivity index (χ1) is 12.0. The fraction of sp³-hybridized carbons (Fsp3) is 0.278. The number of rotatable bonds is 5. The summed E-state index contributed by atoms with van der Waals surface area (Å²) < 4.78 is 5.08. The average molecular weight is 342 g/mol. The number of carboxylic acids is 1. The Kier molecular flexibility index (Phi) is 4.56. The Labute approximate surface area is 144 Å². The molecule has 0 saturated carbocycles. The third-order valence-electron chi connectivity index (χ3n) is 4.28. The highest BCUT2D eigenvalue weighted by atomic mass is 16.4. The highest BCUT2D eigenvalue weighted by Gasteiger charge is 2.39. The number of amides is 2. The number of nitrogens with zero attached hydrogens (tertiary/aromatic N) is 2. The average Bonchev–Trinajstić information content (AvgIpc) is 3.24. The van der Waals surface area contributed by atoms with E-state index >= 15 is 0 Å². The number of likely N-dealkylation sites (N-methyl/N-ethyl adjacent to an activating group) is 1. The van der Waals surface area contributed by atoms with Gasteiger partial charge in [0.15, 0.2) is 5.76 Å². The highest BCUT2D eigenvalue weighted by molar-refractivity contribution is 6.03. The molecule has 1 aliphatic rings. The lowest BCUT2D eigenvalue weighted by Gasteiger charge is -2.26. The first-order valence-electron chi connectivity index (χ1n) is 8.02. The fourth-order valence-corrected chi connectivity index (χ4v) is 3.03. The molecule has 2 aromatic rings. The summed E-state index contributed by atoms with van der Waals surface area (Å²) in [6, 6.07) is 9.89. The van der Waals surface area contributed by atoms with Crippen LogP contribution in [-0.2, 0) is 4.79 Å². The molecule has 1 aromatic heterocycles. The fourth-order valence-electron chi connectivity index (χ4n) is 3.03. The molecule has 1 fully saturated rings. The molecule has 0 aliphatic carbocycles. The number of benzene rings is 1. The van der Waals surface area contributed by atoms with E-state index in [0.29, 0.717) is 19.5 Å². The number of para-hydroxylation sites is 1. The van der Waals surface area contributed by atoms with Crippen molar-refractivity contribution in [2.75, 3.05) is 18.0 Å². The van der Waals surface area contributed by atoms with Crippen LogP contribution in [0.25, 0.3) is 0 Å². The molecule has 0 bridgehead atoms. The lowest BCUT2D eigenvalue weighted by Crippen LogP contribution is -2.45. The van der Waals surface area contributed by atoms with Gasteiger partial charge in [-0.05, 0) is 25.5 Å². The molecular weight excluding hydrogens is 324 g/mol. The van der Waals surface area contributed by atoms with Gasteiger partial charge in [0.05, 0.1) is 5.56 Å². The number of furan rings is 1. The van der Waals surface area contributed by atoms with Crippen molar-refractivity contribution in [3.05, 3.63) is 54.0 Å². The first kappa shape index (κ1) is 16.8. The van der Waals surface area contributed by atoms with Crippen molar-refractivity contribution in [3.8, 4) is 0 Å². The van der Waals surface area contributed by atoms with Gasteiger partial charge in [0.2, 0.25) is 5.91 Å². The van der Waals surface area contributed by atoms with Gasteiger partial charge in [-0.1, -0.05) is 18.2 Å². The number of carbonyl (C=O) groups is 3. The molecule has 1 aromatic carbocycles. The Hall–Kier alpha value is -3.09. The summed E-state index contributed by atoms with van der Waals surface area (Å²) >= 11 is 0. The maximum absolute atomic E-state index is 12.8. The standard InChI is InChI=1S/C18H18N2O5/c1-2-19(17(22)15-10-12(11-25-15)18(23)24)14-8-9-20(16(14)21)13-6-4-3-5-7-13/h3-7,10-11,14H,2,8-9H2,1H3,(H,23,24). The zero-order valence-corrected chi connectivity index (χ0v) is 13.7. The van der Waals surface area contributed by atoms with Gasteiger partial charge in [0.1, 0.15) is 12.3 Å². The third kappa shape index (κ3) is 3.13. The Morgan fingerprint density at radius 3 is 2.64 bits per heavy atom. The van der Waals surface area contributed by atoms with E-state index in [1.165, 1.54) is 11.0 Å². The van der Waals surface area contributed by atoms with Gasteiger partial charge < -0.3 is 19.3 Å². The first-order valence-corrected chi connectivity index (χ1v) is 8.02. The number of carboxylic acid groups (broad SMARTS) is 1. The summed E-state index contributed by atoms with van der Waals surface area (Å²) in [7, 11) is 0. The van der Waals surface area contributed by atoms with E-state index in [4.69, 9.17) is 9.52 Å². The molecule has 1 N–H and O–H groups in total. The van der Waals surface area contributed by atoms with E-state index in [0.717, 1.165) is 12.0 Å². The molecule has 0 spiro atoms. The Morgan fingerprint density at radius 1 is 1.32 bits per heavy atom. The zero-order chi connectivity index (χ0) is 18.0. The molecule has 25 heavy (non-hydrogen) atoms. The molecule has 1 saturated heterocycles. The lowest BCUT2D eigenvalue weighted by molar-refractivity contribution is -0.121. The smallest absolute Gasteiger partial charge is 0.338 e. The van der Waals surface area contributed by atoms with Crippen LogP contribution in [0.15, 0.2) is 47.1 Å². The second-order valence-corrected chi connectivity index (χ2v) is 5.73. The molecule has 2 heterocycles. The van der Waals surface area contributed by atoms with E-state index in [9.17, 15) is 14.4 Å². The number of carbonyl (C=O) groups excluding carboxylic acids is 2. The summed E-state index contributed by atoms with van der Waals surface area (Å²) in [4.78, 5) is 39.4. The van der Waals surface area contributed by atoms with Gasteiger partial charge in [0, 0.05) is 24.8 Å². The summed E-state index contributed by atoms with van der Waals surface area (Å²) in [5.74, 6) is -1.88. The number of hydrogen-bond acceptors (Lipinski definition) is 4. The topological polar surface area (TPSA) is 91.1 Å². The SMILES string of the molecule is CCN(C(=O)c1cc(C(=O)O)co1)C1CCN(c2ccccc2)C1=O. The van der Waals surface area contributed by atoms with Crippen molar-refractivity contribution in [2.24, 2.45) is 0 Å². The van der Waals surface area contributed by atoms with Crippen LogP contribution in [0.2, 0.25) is 0 Å². The minimum absolute atomic E-state index is 0.0785. The van der Waals surface area contributed by atoms with E-state index in [2.05, 4.69) is 0 Å². The molecule has 0 radical (unpaired) electrons. The van der Waals surface area contributed by atoms with E-state index in [1.807, 2.05) is 30.3 Å². The monoisotopic (exact) mass is 342 g/mol. The molecule has 1 aliphatic heterocycles. The maximum atomic E-state index is 12.8. The highest BCUT2D eigenvalue weighted by Crippen LogP contribution is 2.25. The number of aromatic carboxylic acids is 1. The van der Waals surface area contributed by atoms with Crippen molar-refractivity contribution in [2.45, 2.75) is 19.4 Å². The Bertz CT molecular complexity index is 799. The molecule has 3 rings (SSSR count). The Morgan fingerprint density at radius 2 is 2.04 bits per heavy atom. The van der Waals surface area contributed by atoms with Crippen LogP contribution in [-0.4, -0.2) is 46.9 Å². The number of hydrogen-bond donors (Lipinski definition) is 1. The van der Waals surface area contributed by atoms with Crippen molar-refractivity contribution in [1.29, 1.82) is 0 Å². The number of anilines is 1. The molecule has 7 heteroatoms. The quantitative estimate of drug-likeness (QED) is 0.900. The van der Waals surface area contributed by atoms with Gasteiger partial charge in [-0.25, -0.2) is 4.79 Å². The van der Waals surface area contributed by atoms with Crippen molar-refractivity contribution < 1.29 is 23.9 Å². The van der Waals surface area contributed by atoms with Crippen LogP contribution in [0.1, 0.15) is 34.3 Å². The largest absolute Gasteiger partial charge is 0.478 e. The van der Waals surface area contributed by atoms with Gasteiger partial charge in [0.25, 0.3) is 5.91 Å². The van der Waals surface area contributed by atoms with Gasteiger partial charge in [-0.3, -0.25) is 9.59 Å². The van der Waals surface area contributed by atoms with E-state index < -0.39 is 17.9 Å². The zero-order valence-electron chi connectivity index (χ0n) is 13.7.